The van der Waals surface area contributed by atoms with E-state index in [4.69, 9.17) is 15.4 Å². The van der Waals surface area contributed by atoms with Crippen molar-refractivity contribution in [3.8, 4) is 11.8 Å². The van der Waals surface area contributed by atoms with Crippen LogP contribution in [0.4, 0.5) is 11.5 Å². The number of ether oxygens (including phenoxy) is 1. The van der Waals surface area contributed by atoms with Gasteiger partial charge in [0, 0.05) is 69.1 Å². The third-order valence-corrected chi connectivity index (χ3v) is 15.2. The summed E-state index contributed by atoms with van der Waals surface area (Å²) in [4.78, 5) is 85.6. The van der Waals surface area contributed by atoms with E-state index >= 15 is 0 Å². The molecule has 3 unspecified atom stereocenters. The van der Waals surface area contributed by atoms with Gasteiger partial charge in [0.05, 0.1) is 24.8 Å². The van der Waals surface area contributed by atoms with E-state index in [1.54, 1.807) is 11.9 Å². The van der Waals surface area contributed by atoms with E-state index in [2.05, 4.69) is 95.0 Å². The minimum atomic E-state index is -5.81. The van der Waals surface area contributed by atoms with Crippen LogP contribution in [0.25, 0.3) is 5.57 Å². The zero-order valence-corrected chi connectivity index (χ0v) is 41.1. The Labute approximate surface area is 393 Å². The van der Waals surface area contributed by atoms with Gasteiger partial charge in [-0.1, -0.05) is 50.0 Å². The van der Waals surface area contributed by atoms with Crippen molar-refractivity contribution < 1.29 is 65.3 Å². The van der Waals surface area contributed by atoms with E-state index in [1.807, 2.05) is 52.5 Å². The van der Waals surface area contributed by atoms with Crippen LogP contribution in [0.15, 0.2) is 82.8 Å². The van der Waals surface area contributed by atoms with Crippen LogP contribution in [0.3, 0.4) is 0 Å². The maximum atomic E-state index is 14.2. The summed E-state index contributed by atoms with van der Waals surface area (Å²) in [5, 5.41) is 2.71. The number of phosphoric acid groups is 3. The van der Waals surface area contributed by atoms with Crippen LogP contribution in [0, 0.1) is 11.8 Å². The van der Waals surface area contributed by atoms with Gasteiger partial charge in [0.25, 0.3) is 13.7 Å². The standard InChI is InChI=1S/C44H54N7O14P3/c1-44(2)36-24-29(48(3)4)16-19-34(36)40(35-20-17-30(49(5)6)25-37(35)44)32-13-8-9-14-33(32)42(53)50(7)23-11-15-38(52)46-22-10-12-28-26-51(43(54)47-41(28)45)39-21-18-31(63-39)27-62-67(58,59)65-68(60,61)64-66(55,56)57/h8-9,13-14,16-17,19-20,24-26,31,39H,11,15,18,21-23,27H2,1-7H3,(H6-,45,46,47,52,54,55,56,57,58,59,60,61)/t31-,39+/m0/s1. The molecule has 1 saturated heterocycles. The van der Waals surface area contributed by atoms with E-state index in [-0.39, 0.29) is 54.4 Å². The average Bonchev–Trinajstić information content (AvgIpc) is 3.72. The first kappa shape index (κ1) is 52.1. The number of amides is 2. The van der Waals surface area contributed by atoms with Crippen molar-refractivity contribution in [2.24, 2.45) is 0 Å². The highest BCUT2D eigenvalue weighted by Crippen LogP contribution is 2.65. The van der Waals surface area contributed by atoms with Crippen LogP contribution in [0.5, 0.6) is 0 Å². The molecule has 0 bridgehead atoms. The van der Waals surface area contributed by atoms with Gasteiger partial charge in [-0.2, -0.15) is 9.29 Å². The van der Waals surface area contributed by atoms with Crippen molar-refractivity contribution in [3.05, 3.63) is 116 Å². The highest BCUT2D eigenvalue weighted by molar-refractivity contribution is 7.66. The molecule has 1 aliphatic heterocycles. The smallest absolute Gasteiger partial charge is 0.487 e. The number of benzene rings is 2. The number of aromatic nitrogens is 2. The number of phosphoric ester groups is 1. The van der Waals surface area contributed by atoms with Crippen LogP contribution in [0.2, 0.25) is 0 Å². The van der Waals surface area contributed by atoms with Crippen molar-refractivity contribution in [3.63, 3.8) is 0 Å². The number of nitrogens with one attached hydrogen (secondary N) is 1. The fraction of sp³-hybridized carbons (Fsp3) is 0.386. The third-order valence-electron chi connectivity index (χ3n) is 11.4. The number of rotatable bonds is 16. The van der Waals surface area contributed by atoms with E-state index < -0.39 is 48.1 Å². The molecule has 2 aromatic carbocycles. The molecule has 3 aromatic rings. The van der Waals surface area contributed by atoms with Crippen molar-refractivity contribution in [1.82, 2.24) is 19.8 Å². The number of carbonyl (C=O) groups excluding carboxylic acids is 2. The van der Waals surface area contributed by atoms with Crippen LogP contribution < -0.4 is 26.5 Å². The number of anilines is 2. The normalized spacial score (nSPS) is 19.8. The monoisotopic (exact) mass is 997 g/mol. The lowest BCUT2D eigenvalue weighted by atomic mass is 9.64. The predicted molar refractivity (Wildman–Crippen MR) is 250 cm³/mol. The van der Waals surface area contributed by atoms with Crippen LogP contribution in [-0.2, 0) is 41.8 Å². The molecule has 6 rings (SSSR count). The summed E-state index contributed by atoms with van der Waals surface area (Å²) in [6.45, 7) is 3.98. The lowest BCUT2D eigenvalue weighted by Gasteiger charge is -2.39. The SMILES string of the molecule is CN(CCCC(=O)NCC#Cc1cn([C@H]2CC[C@@H](COP(=O)(O)OP(=O)(O)OP(=O)([O-])O)O2)c(=O)nc1N)C(=O)c1ccccc1C1=C2C=CC(=[N+](C)C)C=C2C(C)(C)c2cc(N(C)C)ccc21. The topological polar surface area (TPSA) is 288 Å². The summed E-state index contributed by atoms with van der Waals surface area (Å²) in [6, 6.07) is 14.1. The maximum absolute atomic E-state index is 14.2. The van der Waals surface area contributed by atoms with Crippen molar-refractivity contribution in [2.75, 3.05) is 65.6 Å². The fourth-order valence-electron chi connectivity index (χ4n) is 7.99. The van der Waals surface area contributed by atoms with Gasteiger partial charge in [0.15, 0.2) is 5.71 Å². The fourth-order valence-corrected chi connectivity index (χ4v) is 11.0. The maximum Gasteiger partial charge on any atom is 0.487 e. The van der Waals surface area contributed by atoms with E-state index in [0.29, 0.717) is 18.5 Å². The first-order chi connectivity index (χ1) is 31.8. The van der Waals surface area contributed by atoms with Gasteiger partial charge in [-0.3, -0.25) is 23.2 Å². The number of hydrogen-bond acceptors (Lipinski definition) is 14. The quantitative estimate of drug-likeness (QED) is 0.0778. The van der Waals surface area contributed by atoms with Crippen LogP contribution >= 0.6 is 23.5 Å². The number of allylic oxidation sites excluding steroid dienone is 5. The summed E-state index contributed by atoms with van der Waals surface area (Å²) in [6.07, 6.45) is 6.65. The van der Waals surface area contributed by atoms with Crippen LogP contribution in [0.1, 0.15) is 78.4 Å². The Morgan fingerprint density at radius 3 is 2.46 bits per heavy atom. The molecule has 21 nitrogen and oxygen atoms in total. The highest BCUT2D eigenvalue weighted by atomic mass is 31.3. The van der Waals surface area contributed by atoms with Gasteiger partial charge >= 0.3 is 21.3 Å². The number of carbonyl (C=O) groups is 2. The van der Waals surface area contributed by atoms with Crippen molar-refractivity contribution in [1.29, 1.82) is 0 Å². The molecule has 3 aliphatic rings. The first-order valence-electron chi connectivity index (χ1n) is 21.2. The summed E-state index contributed by atoms with van der Waals surface area (Å²) >= 11 is 0. The van der Waals surface area contributed by atoms with Gasteiger partial charge in [0.1, 0.15) is 26.1 Å². The second-order valence-corrected chi connectivity index (χ2v) is 21.5. The van der Waals surface area contributed by atoms with Crippen LogP contribution in [-0.4, -0.2) is 112 Å². The number of nitrogens with two attached hydrogens (primary N) is 1. The second-order valence-electron chi connectivity index (χ2n) is 17.1. The molecule has 0 radical (unpaired) electrons. The molecule has 1 fully saturated rings. The largest absolute Gasteiger partial charge is 0.756 e. The molecular weight excluding hydrogens is 943 g/mol. The Morgan fingerprint density at radius 1 is 1.04 bits per heavy atom. The summed E-state index contributed by atoms with van der Waals surface area (Å²) < 4.78 is 55.1. The van der Waals surface area contributed by atoms with Gasteiger partial charge in [-0.25, -0.2) is 22.8 Å². The number of fused-ring (bicyclic) bond motifs is 2. The molecule has 68 heavy (non-hydrogen) atoms. The Bertz CT molecular complexity index is 2910. The number of hydrogen-bond donors (Lipinski definition) is 5. The Kier molecular flexibility index (Phi) is 15.9. The first-order valence-corrected chi connectivity index (χ1v) is 25.7. The van der Waals surface area contributed by atoms with E-state index in [1.165, 1.54) is 6.20 Å². The van der Waals surface area contributed by atoms with Crippen molar-refractivity contribution >= 4 is 58.1 Å². The summed E-state index contributed by atoms with van der Waals surface area (Å²) in [7, 11) is -7.20. The Morgan fingerprint density at radius 2 is 1.76 bits per heavy atom. The van der Waals surface area contributed by atoms with Gasteiger partial charge in [-0.05, 0) is 76.9 Å². The average molecular weight is 998 g/mol. The second kappa shape index (κ2) is 20.7. The summed E-state index contributed by atoms with van der Waals surface area (Å²) in [5.41, 5.74) is 13.9. The molecule has 364 valence electrons. The lowest BCUT2D eigenvalue weighted by molar-refractivity contribution is -0.462. The Balaban J connectivity index is 1.06. The highest BCUT2D eigenvalue weighted by Gasteiger charge is 2.41. The molecule has 2 heterocycles. The zero-order chi connectivity index (χ0) is 49.9. The minimum Gasteiger partial charge on any atom is -0.756 e. The summed E-state index contributed by atoms with van der Waals surface area (Å²) in [5.74, 6) is 4.86. The molecular formula is C44H54N7O14P3. The Hall–Kier alpha value is -5.32. The number of nitrogen functional groups attached to an aromatic ring is 1. The van der Waals surface area contributed by atoms with Gasteiger partial charge in [-0.15, -0.1) is 0 Å². The molecule has 5 atom stereocenters. The van der Waals surface area contributed by atoms with Gasteiger partial charge in [0.2, 0.25) is 5.91 Å². The zero-order valence-electron chi connectivity index (χ0n) is 38.4. The molecule has 6 N–H and O–H groups in total. The molecule has 24 heteroatoms. The molecule has 2 amide bonds. The van der Waals surface area contributed by atoms with E-state index in [0.717, 1.165) is 49.4 Å². The number of nitrogens with zero attached hydrogens (tertiary/aromatic N) is 5. The predicted octanol–water partition coefficient (Wildman–Crippen LogP) is 3.60. The molecule has 2 aliphatic carbocycles. The van der Waals surface area contributed by atoms with Gasteiger partial charge < -0.3 is 45.2 Å². The van der Waals surface area contributed by atoms with Crippen molar-refractivity contribution in [2.45, 2.75) is 57.3 Å². The molecule has 0 saturated carbocycles. The van der Waals surface area contributed by atoms with E-state index in [9.17, 15) is 42.8 Å². The third kappa shape index (κ3) is 12.5. The minimum absolute atomic E-state index is 0.0803. The molecule has 0 spiro atoms. The lowest BCUT2D eigenvalue weighted by Crippen LogP contribution is -2.32. The molecule has 1 aromatic heterocycles.